The SMILES string of the molecule is CCCCCCCCCCNC[C@@H](N)C(=O)N[C@H](C(=O)C[C@@H](C)C(=O)N[C@@H](CCCCN)C(=O)C[C@@H](C)B1O[C@@H]2C[C@@H]3C[C@@H](C3(C)C)[C@]2(C)O1)[C@@H](C)O. The summed E-state index contributed by atoms with van der Waals surface area (Å²) in [5.74, 6) is -1.55. The lowest BCUT2D eigenvalue weighted by atomic mass is 9.43. The van der Waals surface area contributed by atoms with Gasteiger partial charge in [0.15, 0.2) is 11.6 Å². The summed E-state index contributed by atoms with van der Waals surface area (Å²) in [6, 6.07) is -2.86. The molecule has 0 aromatic rings. The number of Topliss-reactive ketones (excluding diaryl/α,β-unsaturated/α-hetero) is 2. The van der Waals surface area contributed by atoms with Crippen LogP contribution >= 0.6 is 0 Å². The van der Waals surface area contributed by atoms with Crippen molar-refractivity contribution in [2.75, 3.05) is 19.6 Å². The van der Waals surface area contributed by atoms with Crippen LogP contribution in [0.4, 0.5) is 0 Å². The van der Waals surface area contributed by atoms with Crippen LogP contribution < -0.4 is 27.4 Å². The highest BCUT2D eigenvalue weighted by Crippen LogP contribution is 2.66. The van der Waals surface area contributed by atoms with Crippen LogP contribution in [-0.2, 0) is 28.5 Å². The molecule has 0 aromatic heterocycles. The number of aliphatic hydroxyl groups is 1. The Hall–Kier alpha value is -1.90. The van der Waals surface area contributed by atoms with Gasteiger partial charge in [-0.3, -0.25) is 19.2 Å². The van der Waals surface area contributed by atoms with Gasteiger partial charge >= 0.3 is 7.12 Å². The Kier molecular flexibility index (Phi) is 18.4. The van der Waals surface area contributed by atoms with E-state index in [1.54, 1.807) is 6.92 Å². The highest BCUT2D eigenvalue weighted by molar-refractivity contribution is 6.47. The first-order chi connectivity index (χ1) is 25.1. The lowest BCUT2D eigenvalue weighted by Gasteiger charge is -2.64. The zero-order valence-corrected chi connectivity index (χ0v) is 34.1. The average molecular weight is 748 g/mol. The Labute approximate surface area is 320 Å². The predicted octanol–water partition coefficient (Wildman–Crippen LogP) is 4.20. The quantitative estimate of drug-likeness (QED) is 0.0524. The van der Waals surface area contributed by atoms with Crippen LogP contribution in [0, 0.1) is 23.2 Å². The molecule has 1 saturated heterocycles. The maximum atomic E-state index is 13.7. The first-order valence-corrected chi connectivity index (χ1v) is 20.9. The molecule has 3 saturated carbocycles. The molecule has 1 aliphatic heterocycles. The van der Waals surface area contributed by atoms with Crippen molar-refractivity contribution in [3.8, 4) is 0 Å². The van der Waals surface area contributed by atoms with Gasteiger partial charge in [0.25, 0.3) is 0 Å². The van der Waals surface area contributed by atoms with E-state index < -0.39 is 54.9 Å². The van der Waals surface area contributed by atoms with E-state index in [-0.39, 0.29) is 48.1 Å². The third-order valence-electron chi connectivity index (χ3n) is 12.6. The van der Waals surface area contributed by atoms with Crippen molar-refractivity contribution < 1.29 is 33.6 Å². The average Bonchev–Trinajstić information content (AvgIpc) is 3.48. The van der Waals surface area contributed by atoms with E-state index in [1.807, 2.05) is 6.92 Å². The van der Waals surface area contributed by atoms with Gasteiger partial charge in [-0.25, -0.2) is 0 Å². The summed E-state index contributed by atoms with van der Waals surface area (Å²) < 4.78 is 13.0. The summed E-state index contributed by atoms with van der Waals surface area (Å²) in [4.78, 5) is 53.3. The van der Waals surface area contributed by atoms with E-state index in [9.17, 15) is 24.3 Å². The minimum atomic E-state index is -1.22. The van der Waals surface area contributed by atoms with Crippen LogP contribution in [0.5, 0.6) is 0 Å². The van der Waals surface area contributed by atoms with Crippen LogP contribution in [-0.4, -0.2) is 91.2 Å². The minimum absolute atomic E-state index is 0.0208. The second kappa shape index (κ2) is 21.4. The van der Waals surface area contributed by atoms with Crippen LogP contribution in [0.25, 0.3) is 0 Å². The van der Waals surface area contributed by atoms with Crippen molar-refractivity contribution in [1.82, 2.24) is 16.0 Å². The first-order valence-electron chi connectivity index (χ1n) is 20.9. The maximum Gasteiger partial charge on any atom is 0.461 e. The van der Waals surface area contributed by atoms with E-state index >= 15 is 0 Å². The smallest absolute Gasteiger partial charge is 0.405 e. The molecule has 2 bridgehead atoms. The summed E-state index contributed by atoms with van der Waals surface area (Å²) in [5.41, 5.74) is 11.7. The van der Waals surface area contributed by atoms with Crippen molar-refractivity contribution in [3.05, 3.63) is 0 Å². The van der Waals surface area contributed by atoms with Crippen molar-refractivity contribution in [3.63, 3.8) is 0 Å². The largest absolute Gasteiger partial charge is 0.461 e. The van der Waals surface area contributed by atoms with Gasteiger partial charge < -0.3 is 41.8 Å². The predicted molar refractivity (Wildman–Crippen MR) is 210 cm³/mol. The molecule has 0 radical (unpaired) electrons. The van der Waals surface area contributed by atoms with Gasteiger partial charge in [-0.15, -0.1) is 0 Å². The topological polar surface area (TPSA) is 195 Å². The molecule has 1 heterocycles. The number of hydrogen-bond acceptors (Lipinski definition) is 10. The Morgan fingerprint density at radius 2 is 1.53 bits per heavy atom. The molecule has 4 fully saturated rings. The van der Waals surface area contributed by atoms with Gasteiger partial charge in [-0.1, -0.05) is 79.6 Å². The number of hydrogen-bond donors (Lipinski definition) is 6. The molecule has 8 N–H and O–H groups in total. The third kappa shape index (κ3) is 12.6. The number of carbonyl (C=O) groups is 4. The molecule has 2 amide bonds. The Bertz CT molecular complexity index is 1190. The molecule has 0 spiro atoms. The van der Waals surface area contributed by atoms with Crippen molar-refractivity contribution >= 4 is 30.5 Å². The fourth-order valence-electron chi connectivity index (χ4n) is 8.81. The number of aliphatic hydroxyl groups excluding tert-OH is 1. The summed E-state index contributed by atoms with van der Waals surface area (Å²) in [6.45, 7) is 15.5. The number of unbranched alkanes of at least 4 members (excludes halogenated alkanes) is 8. The van der Waals surface area contributed by atoms with E-state index in [0.717, 1.165) is 32.2 Å². The second-order valence-corrected chi connectivity index (χ2v) is 17.4. The van der Waals surface area contributed by atoms with Crippen molar-refractivity contribution in [2.24, 2.45) is 34.6 Å². The Morgan fingerprint density at radius 3 is 2.15 bits per heavy atom. The molecule has 0 unspecified atom stereocenters. The summed E-state index contributed by atoms with van der Waals surface area (Å²) >= 11 is 0. The standard InChI is InChI=1S/C40H74BN5O7/c1-8-9-10-11-12-13-14-17-20-44-25-30(43)38(51)46-36(28(4)47)33(49)21-26(2)37(50)45-31(18-15-16-19-42)32(48)22-27(3)41-52-35-24-29-23-34(39(29,5)6)40(35,7)53-41/h26-31,34-36,44,47H,8-25,42-43H2,1-7H3,(H,45,50)(H,46,51)/t26-,27-,28-,29+,30-,31+,34+,35-,36+,40+/m1/s1. The number of rotatable bonds is 27. The summed E-state index contributed by atoms with van der Waals surface area (Å²) in [6.07, 6.45) is 12.4. The number of carbonyl (C=O) groups excluding carboxylic acids is 4. The fraction of sp³-hybridized carbons (Fsp3) is 0.900. The highest BCUT2D eigenvalue weighted by atomic mass is 16.7. The monoisotopic (exact) mass is 748 g/mol. The van der Waals surface area contributed by atoms with Gasteiger partial charge in [-0.05, 0) is 88.5 Å². The van der Waals surface area contributed by atoms with E-state index in [1.165, 1.54) is 45.4 Å². The van der Waals surface area contributed by atoms with Crippen LogP contribution in [0.1, 0.15) is 145 Å². The lowest BCUT2D eigenvalue weighted by Crippen LogP contribution is -2.65. The normalized spacial score (nSPS) is 26.4. The van der Waals surface area contributed by atoms with Gasteiger partial charge in [0, 0.05) is 25.3 Å². The Morgan fingerprint density at radius 1 is 0.868 bits per heavy atom. The van der Waals surface area contributed by atoms with Crippen molar-refractivity contribution in [1.29, 1.82) is 0 Å². The Balaban J connectivity index is 1.46. The van der Waals surface area contributed by atoms with E-state index in [4.69, 9.17) is 20.8 Å². The van der Waals surface area contributed by atoms with E-state index in [2.05, 4.69) is 43.6 Å². The molecule has 4 aliphatic rings. The van der Waals surface area contributed by atoms with E-state index in [0.29, 0.717) is 37.6 Å². The zero-order valence-electron chi connectivity index (χ0n) is 34.1. The first kappa shape index (κ1) is 45.5. The molecule has 3 aliphatic carbocycles. The molecule has 13 heteroatoms. The summed E-state index contributed by atoms with van der Waals surface area (Å²) in [5, 5.41) is 19.1. The number of amides is 2. The molecule has 0 aromatic carbocycles. The molecule has 12 nitrogen and oxygen atoms in total. The zero-order chi connectivity index (χ0) is 39.3. The molecule has 4 rings (SSSR count). The molecule has 10 atom stereocenters. The maximum absolute atomic E-state index is 13.7. The molecule has 53 heavy (non-hydrogen) atoms. The van der Waals surface area contributed by atoms with Gasteiger partial charge in [0.05, 0.1) is 29.9 Å². The van der Waals surface area contributed by atoms with Crippen molar-refractivity contribution in [2.45, 2.75) is 187 Å². The number of nitrogens with one attached hydrogen (secondary N) is 3. The molecular formula is C40H74BN5O7. The van der Waals surface area contributed by atoms with Crippen LogP contribution in [0.2, 0.25) is 5.82 Å². The molecular weight excluding hydrogens is 673 g/mol. The number of ketones is 2. The number of nitrogens with two attached hydrogens (primary N) is 2. The summed E-state index contributed by atoms with van der Waals surface area (Å²) in [7, 11) is -0.493. The fourth-order valence-corrected chi connectivity index (χ4v) is 8.81. The highest BCUT2D eigenvalue weighted by Gasteiger charge is 2.68. The van der Waals surface area contributed by atoms with Gasteiger partial charge in [0.2, 0.25) is 11.8 Å². The minimum Gasteiger partial charge on any atom is -0.405 e. The lowest BCUT2D eigenvalue weighted by molar-refractivity contribution is -0.199. The van der Waals surface area contributed by atoms with Crippen LogP contribution in [0.3, 0.4) is 0 Å². The molecule has 304 valence electrons. The third-order valence-corrected chi connectivity index (χ3v) is 12.6. The van der Waals surface area contributed by atoms with Gasteiger partial charge in [0.1, 0.15) is 6.04 Å². The van der Waals surface area contributed by atoms with Gasteiger partial charge in [-0.2, -0.15) is 0 Å². The van der Waals surface area contributed by atoms with Crippen LogP contribution in [0.15, 0.2) is 0 Å². The second-order valence-electron chi connectivity index (χ2n) is 17.4.